The molecule has 0 amide bonds. The van der Waals surface area contributed by atoms with Crippen molar-refractivity contribution >= 4 is 5.97 Å². The van der Waals surface area contributed by atoms with Gasteiger partial charge in [-0.3, -0.25) is 4.79 Å². The predicted octanol–water partition coefficient (Wildman–Crippen LogP) is 2.51. The van der Waals surface area contributed by atoms with Gasteiger partial charge in [0, 0.05) is 12.0 Å². The molecule has 3 atom stereocenters. The Kier molecular flexibility index (Phi) is 3.56. The molecule has 0 fully saturated rings. The Labute approximate surface area is 166 Å². The van der Waals surface area contributed by atoms with Crippen molar-refractivity contribution in [3.63, 3.8) is 0 Å². The molecule has 29 heavy (non-hydrogen) atoms. The highest BCUT2D eigenvalue weighted by Gasteiger charge is 2.63. The highest BCUT2D eigenvalue weighted by Crippen LogP contribution is 2.61. The van der Waals surface area contributed by atoms with Crippen molar-refractivity contribution < 1.29 is 30.0 Å². The van der Waals surface area contributed by atoms with Crippen LogP contribution in [-0.2, 0) is 16.0 Å². The van der Waals surface area contributed by atoms with Gasteiger partial charge in [0.2, 0.25) is 0 Å². The topological polar surface area (TPSA) is 107 Å². The summed E-state index contributed by atoms with van der Waals surface area (Å²) in [5.74, 6) is -2.30. The zero-order valence-electron chi connectivity index (χ0n) is 15.2. The SMILES string of the molecule is O=C(Oc1ccccc1O)C1CC2(O)c3ccccc3C1(O)c1cccc(O)c12. The van der Waals surface area contributed by atoms with Crippen molar-refractivity contribution in [2.75, 3.05) is 0 Å². The van der Waals surface area contributed by atoms with Gasteiger partial charge in [-0.05, 0) is 34.9 Å². The average molecular weight is 390 g/mol. The number of hydrogen-bond donors (Lipinski definition) is 4. The number of carbonyl (C=O) groups excluding carboxylic acids is 1. The number of phenols is 2. The molecule has 6 heteroatoms. The number of ether oxygens (including phenoxy) is 1. The summed E-state index contributed by atoms with van der Waals surface area (Å²) in [6.45, 7) is 0. The summed E-state index contributed by atoms with van der Waals surface area (Å²) in [7, 11) is 0. The van der Waals surface area contributed by atoms with E-state index in [1.54, 1.807) is 48.5 Å². The van der Waals surface area contributed by atoms with Crippen LogP contribution in [0.1, 0.15) is 28.7 Å². The fourth-order valence-electron chi connectivity index (χ4n) is 4.76. The van der Waals surface area contributed by atoms with E-state index in [1.807, 2.05) is 0 Å². The summed E-state index contributed by atoms with van der Waals surface area (Å²) < 4.78 is 5.39. The smallest absolute Gasteiger partial charge is 0.318 e. The molecular formula is C23H18O6. The third kappa shape index (κ3) is 2.21. The second-order valence-electron chi connectivity index (χ2n) is 7.52. The van der Waals surface area contributed by atoms with Crippen LogP contribution in [0.25, 0.3) is 0 Å². The van der Waals surface area contributed by atoms with E-state index in [0.717, 1.165) is 0 Å². The third-order valence-electron chi connectivity index (χ3n) is 6.01. The van der Waals surface area contributed by atoms with Crippen LogP contribution in [-0.4, -0.2) is 26.4 Å². The molecule has 0 aromatic heterocycles. The minimum Gasteiger partial charge on any atom is -0.508 e. The number of aromatic hydroxyl groups is 2. The minimum atomic E-state index is -1.80. The molecule has 0 heterocycles. The molecule has 0 radical (unpaired) electrons. The lowest BCUT2D eigenvalue weighted by atomic mass is 9.54. The molecule has 3 aromatic rings. The lowest BCUT2D eigenvalue weighted by Gasteiger charge is -2.53. The predicted molar refractivity (Wildman–Crippen MR) is 102 cm³/mol. The Morgan fingerprint density at radius 3 is 2.21 bits per heavy atom. The van der Waals surface area contributed by atoms with Gasteiger partial charge in [0.15, 0.2) is 11.5 Å². The first-order chi connectivity index (χ1) is 13.9. The van der Waals surface area contributed by atoms with E-state index in [1.165, 1.54) is 18.2 Å². The lowest BCUT2D eigenvalue weighted by Crippen LogP contribution is -2.57. The van der Waals surface area contributed by atoms with E-state index in [0.29, 0.717) is 11.1 Å². The van der Waals surface area contributed by atoms with E-state index < -0.39 is 23.1 Å². The summed E-state index contributed by atoms with van der Waals surface area (Å²) >= 11 is 0. The quantitative estimate of drug-likeness (QED) is 0.396. The van der Waals surface area contributed by atoms with Crippen molar-refractivity contribution in [2.45, 2.75) is 17.6 Å². The van der Waals surface area contributed by atoms with Gasteiger partial charge in [-0.25, -0.2) is 0 Å². The van der Waals surface area contributed by atoms with Crippen LogP contribution in [0.15, 0.2) is 66.7 Å². The van der Waals surface area contributed by atoms with Crippen LogP contribution >= 0.6 is 0 Å². The first-order valence-electron chi connectivity index (χ1n) is 9.24. The molecule has 0 saturated carbocycles. The van der Waals surface area contributed by atoms with Crippen molar-refractivity contribution in [1.29, 1.82) is 0 Å². The average Bonchev–Trinajstić information content (AvgIpc) is 2.71. The Morgan fingerprint density at radius 1 is 0.828 bits per heavy atom. The summed E-state index contributed by atoms with van der Waals surface area (Å²) in [5.41, 5.74) is -2.15. The number of carbonyl (C=O) groups is 1. The zero-order valence-corrected chi connectivity index (χ0v) is 15.2. The zero-order chi connectivity index (χ0) is 20.4. The number of hydrogen-bond acceptors (Lipinski definition) is 6. The van der Waals surface area contributed by atoms with Gasteiger partial charge in [0.05, 0.1) is 5.92 Å². The maximum Gasteiger partial charge on any atom is 0.318 e. The van der Waals surface area contributed by atoms with Gasteiger partial charge in [0.25, 0.3) is 0 Å². The molecule has 3 aromatic carbocycles. The number of phenolic OH excluding ortho intramolecular Hbond substituents is 2. The van der Waals surface area contributed by atoms with Crippen LogP contribution in [0, 0.1) is 5.92 Å². The van der Waals surface area contributed by atoms with E-state index in [2.05, 4.69) is 0 Å². The maximum absolute atomic E-state index is 13.1. The standard InChI is InChI=1S/C23H18O6/c24-17-9-3-4-11-19(17)29-21(26)16-12-22(27)13-6-1-2-7-14(13)23(16,28)15-8-5-10-18(25)20(15)22/h1-11,16,24-25,27-28H,12H2. The largest absolute Gasteiger partial charge is 0.508 e. The van der Waals surface area contributed by atoms with E-state index in [-0.39, 0.29) is 34.8 Å². The summed E-state index contributed by atoms with van der Waals surface area (Å²) in [5, 5.41) is 43.9. The first-order valence-corrected chi connectivity index (χ1v) is 9.24. The minimum absolute atomic E-state index is 0.0287. The summed E-state index contributed by atoms with van der Waals surface area (Å²) in [4.78, 5) is 13.1. The molecular weight excluding hydrogens is 372 g/mol. The van der Waals surface area contributed by atoms with E-state index >= 15 is 0 Å². The number of fused-ring (bicyclic) bond motifs is 1. The van der Waals surface area contributed by atoms with Gasteiger partial charge in [-0.15, -0.1) is 0 Å². The van der Waals surface area contributed by atoms with Gasteiger partial charge in [0.1, 0.15) is 17.0 Å². The van der Waals surface area contributed by atoms with Crippen LogP contribution in [0.4, 0.5) is 0 Å². The molecule has 3 unspecified atom stereocenters. The molecule has 4 N–H and O–H groups in total. The van der Waals surface area contributed by atoms with Crippen LogP contribution in [0.3, 0.4) is 0 Å². The van der Waals surface area contributed by atoms with Crippen LogP contribution < -0.4 is 4.74 Å². The number of aliphatic hydroxyl groups is 2. The van der Waals surface area contributed by atoms with Gasteiger partial charge in [-0.1, -0.05) is 48.5 Å². The van der Waals surface area contributed by atoms with Gasteiger partial charge >= 0.3 is 5.97 Å². The molecule has 0 spiro atoms. The molecule has 146 valence electrons. The Hall–Kier alpha value is -3.35. The fraction of sp³-hybridized carbons (Fsp3) is 0.174. The van der Waals surface area contributed by atoms with Gasteiger partial charge in [-0.2, -0.15) is 0 Å². The molecule has 6 rings (SSSR count). The summed E-state index contributed by atoms with van der Waals surface area (Å²) in [6.07, 6.45) is -0.169. The Balaban J connectivity index is 1.69. The molecule has 3 aliphatic carbocycles. The normalized spacial score (nSPS) is 26.5. The fourth-order valence-corrected chi connectivity index (χ4v) is 4.76. The Morgan fingerprint density at radius 2 is 1.45 bits per heavy atom. The van der Waals surface area contributed by atoms with Crippen molar-refractivity contribution in [3.8, 4) is 17.2 Å². The molecule has 3 aliphatic rings. The molecule has 0 aliphatic heterocycles. The first kappa shape index (κ1) is 17.7. The van der Waals surface area contributed by atoms with Crippen molar-refractivity contribution in [3.05, 3.63) is 89.0 Å². The van der Waals surface area contributed by atoms with Crippen LogP contribution in [0.5, 0.6) is 17.2 Å². The van der Waals surface area contributed by atoms with Crippen LogP contribution in [0.2, 0.25) is 0 Å². The molecule has 0 saturated heterocycles. The second-order valence-corrected chi connectivity index (χ2v) is 7.52. The number of esters is 1. The maximum atomic E-state index is 13.1. The van der Waals surface area contributed by atoms with E-state index in [9.17, 15) is 25.2 Å². The number of benzene rings is 3. The highest BCUT2D eigenvalue weighted by molar-refractivity contribution is 5.82. The lowest BCUT2D eigenvalue weighted by molar-refractivity contribution is -0.157. The molecule has 6 nitrogen and oxygen atoms in total. The molecule has 2 bridgehead atoms. The number of rotatable bonds is 2. The summed E-state index contributed by atoms with van der Waals surface area (Å²) in [6, 6.07) is 17.4. The monoisotopic (exact) mass is 390 g/mol. The van der Waals surface area contributed by atoms with Crippen molar-refractivity contribution in [2.24, 2.45) is 5.92 Å². The van der Waals surface area contributed by atoms with E-state index in [4.69, 9.17) is 4.74 Å². The number of para-hydroxylation sites is 2. The van der Waals surface area contributed by atoms with Crippen molar-refractivity contribution in [1.82, 2.24) is 0 Å². The Bertz CT molecular complexity index is 1160. The third-order valence-corrected chi connectivity index (χ3v) is 6.01. The second kappa shape index (κ2) is 5.83. The highest BCUT2D eigenvalue weighted by atomic mass is 16.5. The van der Waals surface area contributed by atoms with Gasteiger partial charge < -0.3 is 25.2 Å².